The van der Waals surface area contributed by atoms with Gasteiger partial charge in [-0.1, -0.05) is 30.3 Å². The molecule has 2 aliphatic rings. The molecule has 0 radical (unpaired) electrons. The molecule has 32 heavy (non-hydrogen) atoms. The van der Waals surface area contributed by atoms with Crippen LogP contribution in [0.5, 0.6) is 0 Å². The fourth-order valence-corrected chi connectivity index (χ4v) is 5.33. The lowest BCUT2D eigenvalue weighted by Gasteiger charge is -2.19. The van der Waals surface area contributed by atoms with Crippen LogP contribution in [0, 0.1) is 11.8 Å². The number of carbonyl (C=O) groups is 3. The van der Waals surface area contributed by atoms with Gasteiger partial charge in [0, 0.05) is 25.6 Å². The average molecular weight is 465 g/mol. The van der Waals surface area contributed by atoms with Crippen LogP contribution in [0.2, 0.25) is 0 Å². The van der Waals surface area contributed by atoms with E-state index < -0.39 is 6.04 Å². The molecular weight excluding hydrogens is 432 g/mol. The minimum absolute atomic E-state index is 0.0602. The van der Waals surface area contributed by atoms with E-state index in [9.17, 15) is 14.4 Å². The first kappa shape index (κ1) is 24.5. The van der Waals surface area contributed by atoms with E-state index in [1.807, 2.05) is 42.1 Å². The van der Waals surface area contributed by atoms with Gasteiger partial charge in [0.25, 0.3) is 0 Å². The molecule has 5 N–H and O–H groups in total. The lowest BCUT2D eigenvalue weighted by Crippen LogP contribution is -2.50. The molecule has 2 fully saturated rings. The van der Waals surface area contributed by atoms with Crippen LogP contribution in [0.4, 0.5) is 0 Å². The van der Waals surface area contributed by atoms with Crippen molar-refractivity contribution in [2.75, 3.05) is 51.0 Å². The molecule has 1 aliphatic carbocycles. The summed E-state index contributed by atoms with van der Waals surface area (Å²) in [6.07, 6.45) is 0.411. The Bertz CT molecular complexity index is 756. The predicted molar refractivity (Wildman–Crippen MR) is 122 cm³/mol. The molecule has 1 heterocycles. The van der Waals surface area contributed by atoms with Gasteiger partial charge in [-0.15, -0.1) is 0 Å². The zero-order valence-corrected chi connectivity index (χ0v) is 18.9. The van der Waals surface area contributed by atoms with E-state index in [1.165, 1.54) is 0 Å². The Kier molecular flexibility index (Phi) is 9.79. The molecule has 1 saturated carbocycles. The summed E-state index contributed by atoms with van der Waals surface area (Å²) in [5.74, 6) is 2.52. The maximum atomic E-state index is 12.9. The van der Waals surface area contributed by atoms with Crippen LogP contribution in [-0.4, -0.2) is 80.8 Å². The highest BCUT2D eigenvalue weighted by Gasteiger charge is 2.54. The molecule has 1 aromatic rings. The van der Waals surface area contributed by atoms with Gasteiger partial charge in [-0.3, -0.25) is 14.4 Å². The van der Waals surface area contributed by atoms with Gasteiger partial charge >= 0.3 is 0 Å². The highest BCUT2D eigenvalue weighted by atomic mass is 32.2. The summed E-state index contributed by atoms with van der Waals surface area (Å²) in [7, 11) is 0. The number of carbonyl (C=O) groups excluding carboxylic acids is 3. The molecule has 1 saturated heterocycles. The Balaban J connectivity index is 1.39. The van der Waals surface area contributed by atoms with Gasteiger partial charge in [-0.2, -0.15) is 11.8 Å². The first-order chi connectivity index (χ1) is 15.6. The van der Waals surface area contributed by atoms with Crippen LogP contribution in [0.3, 0.4) is 0 Å². The number of rotatable bonds is 14. The van der Waals surface area contributed by atoms with Crippen LogP contribution in [-0.2, 0) is 30.3 Å². The molecule has 0 spiro atoms. The highest BCUT2D eigenvalue weighted by Crippen LogP contribution is 2.49. The van der Waals surface area contributed by atoms with E-state index in [0.29, 0.717) is 31.4 Å². The monoisotopic (exact) mass is 464 g/mol. The summed E-state index contributed by atoms with van der Waals surface area (Å²) in [6.45, 7) is 0.862. The largest absolute Gasteiger partial charge is 0.370 e. The summed E-state index contributed by atoms with van der Waals surface area (Å²) in [5, 5.41) is 8.54. The van der Waals surface area contributed by atoms with Crippen molar-refractivity contribution >= 4 is 29.5 Å². The molecule has 176 valence electrons. The van der Waals surface area contributed by atoms with Crippen molar-refractivity contribution < 1.29 is 23.9 Å². The molecule has 1 aromatic carbocycles. The maximum Gasteiger partial charge on any atom is 0.246 e. The van der Waals surface area contributed by atoms with Crippen molar-refractivity contribution in [2.45, 2.75) is 18.5 Å². The fraction of sp³-hybridized carbons (Fsp3) is 0.591. The molecule has 10 heteroatoms. The van der Waals surface area contributed by atoms with E-state index in [2.05, 4.69) is 16.0 Å². The van der Waals surface area contributed by atoms with Gasteiger partial charge in [0.1, 0.15) is 19.3 Å². The second-order valence-electron chi connectivity index (χ2n) is 7.95. The Labute approximate surface area is 192 Å². The molecule has 3 rings (SSSR count). The molecule has 1 aliphatic heterocycles. The zero-order valence-electron chi connectivity index (χ0n) is 18.1. The molecule has 3 atom stereocenters. The third-order valence-electron chi connectivity index (χ3n) is 5.49. The number of nitrogens with one attached hydrogen (secondary N) is 3. The third-order valence-corrected chi connectivity index (χ3v) is 6.73. The molecule has 0 bridgehead atoms. The highest BCUT2D eigenvalue weighted by molar-refractivity contribution is 7.99. The number of benzene rings is 1. The number of fused-ring (bicyclic) bond motifs is 1. The molecule has 2 unspecified atom stereocenters. The van der Waals surface area contributed by atoms with Crippen molar-refractivity contribution in [2.24, 2.45) is 17.6 Å². The second kappa shape index (κ2) is 12.8. The third kappa shape index (κ3) is 7.77. The van der Waals surface area contributed by atoms with Gasteiger partial charge < -0.3 is 31.2 Å². The van der Waals surface area contributed by atoms with Crippen LogP contribution >= 0.6 is 11.8 Å². The number of amides is 3. The van der Waals surface area contributed by atoms with Crippen LogP contribution in [0.1, 0.15) is 5.56 Å². The van der Waals surface area contributed by atoms with E-state index in [0.717, 1.165) is 17.1 Å². The number of hydrogen-bond donors (Lipinski definition) is 4. The van der Waals surface area contributed by atoms with E-state index in [1.54, 1.807) is 0 Å². The second-order valence-corrected chi connectivity index (χ2v) is 9.03. The molecular formula is C22H32N4O5S. The average Bonchev–Trinajstić information content (AvgIpc) is 3.19. The van der Waals surface area contributed by atoms with Crippen molar-refractivity contribution in [3.8, 4) is 0 Å². The lowest BCUT2D eigenvalue weighted by molar-refractivity contribution is -0.131. The Morgan fingerprint density at radius 3 is 2.44 bits per heavy atom. The van der Waals surface area contributed by atoms with Crippen LogP contribution in [0.15, 0.2) is 30.3 Å². The van der Waals surface area contributed by atoms with Gasteiger partial charge in [-0.25, -0.2) is 0 Å². The van der Waals surface area contributed by atoms with E-state index >= 15 is 0 Å². The topological polar surface area (TPSA) is 132 Å². The van der Waals surface area contributed by atoms with Crippen molar-refractivity contribution in [3.63, 3.8) is 0 Å². The van der Waals surface area contributed by atoms with Gasteiger partial charge in [0.15, 0.2) is 0 Å². The molecule has 3 amide bonds. The predicted octanol–water partition coefficient (Wildman–Crippen LogP) is -0.700. The maximum absolute atomic E-state index is 12.9. The summed E-state index contributed by atoms with van der Waals surface area (Å²) < 4.78 is 10.4. The van der Waals surface area contributed by atoms with Crippen molar-refractivity contribution in [3.05, 3.63) is 35.9 Å². The van der Waals surface area contributed by atoms with Crippen LogP contribution in [0.25, 0.3) is 0 Å². The lowest BCUT2D eigenvalue weighted by atomic mass is 10.1. The summed E-state index contributed by atoms with van der Waals surface area (Å²) in [6, 6.07) is 9.17. The van der Waals surface area contributed by atoms with Crippen molar-refractivity contribution in [1.29, 1.82) is 0 Å². The minimum Gasteiger partial charge on any atom is -0.370 e. The van der Waals surface area contributed by atoms with Gasteiger partial charge in [0.2, 0.25) is 17.7 Å². The first-order valence-electron chi connectivity index (χ1n) is 10.9. The van der Waals surface area contributed by atoms with E-state index in [-0.39, 0.29) is 50.1 Å². The Morgan fingerprint density at radius 1 is 1.03 bits per heavy atom. The smallest absolute Gasteiger partial charge is 0.246 e. The SMILES string of the molecule is NCCOCC(=O)NCCOCC(=O)N[C@@H](Cc1ccccc1)C(=O)NC1C2CSCC21. The fourth-order valence-electron chi connectivity index (χ4n) is 3.74. The van der Waals surface area contributed by atoms with Gasteiger partial charge in [0.05, 0.1) is 13.2 Å². The number of thioether (sulfide) groups is 1. The minimum atomic E-state index is -0.665. The summed E-state index contributed by atoms with van der Waals surface area (Å²) in [5.41, 5.74) is 6.26. The normalized spacial score (nSPS) is 22.0. The van der Waals surface area contributed by atoms with Gasteiger partial charge in [-0.05, 0) is 28.9 Å². The standard InChI is InChI=1S/C22H32N4O5S/c23-6-8-30-11-19(27)24-7-9-31-12-20(28)25-18(10-15-4-2-1-3-5-15)22(29)26-21-16-13-32-14-17(16)21/h1-5,16-18,21H,6-14,23H2,(H,24,27)(H,25,28)(H,26,29)/t16?,17?,18-,21?/m0/s1. The summed E-state index contributed by atoms with van der Waals surface area (Å²) >= 11 is 1.93. The first-order valence-corrected chi connectivity index (χ1v) is 12.1. The molecule has 0 aromatic heterocycles. The zero-order chi connectivity index (χ0) is 22.8. The van der Waals surface area contributed by atoms with Crippen molar-refractivity contribution in [1.82, 2.24) is 16.0 Å². The summed E-state index contributed by atoms with van der Waals surface area (Å²) in [4.78, 5) is 36.8. The Hall–Kier alpha value is -2.14. The van der Waals surface area contributed by atoms with E-state index in [4.69, 9.17) is 15.2 Å². The molecule has 9 nitrogen and oxygen atoms in total. The number of hydrogen-bond acceptors (Lipinski definition) is 7. The quantitative estimate of drug-likeness (QED) is 0.268. The number of nitrogens with two attached hydrogens (primary N) is 1. The Morgan fingerprint density at radius 2 is 1.72 bits per heavy atom. The number of ether oxygens (including phenoxy) is 2. The van der Waals surface area contributed by atoms with Crippen LogP contribution < -0.4 is 21.7 Å².